The van der Waals surface area contributed by atoms with Crippen LogP contribution < -0.4 is 5.32 Å². The number of allylic oxidation sites excluding steroid dienone is 4. The molecule has 0 atom stereocenters. The second-order valence-corrected chi connectivity index (χ2v) is 2.59. The lowest BCUT2D eigenvalue weighted by atomic mass is 10.2. The molecule has 4 heteroatoms. The molecule has 0 aromatic heterocycles. The highest BCUT2D eigenvalue weighted by Gasteiger charge is 2.12. The van der Waals surface area contributed by atoms with Crippen molar-refractivity contribution >= 4 is 5.91 Å². The average molecular weight is 204 g/mol. The number of nitrogens with one attached hydrogen (secondary N) is 1. The van der Waals surface area contributed by atoms with Crippen LogP contribution in [-0.2, 0) is 4.79 Å². The van der Waals surface area contributed by atoms with Crippen LogP contribution in [0.25, 0.3) is 0 Å². The number of carbonyl (C=O) groups excluding carboxylic acids is 1. The monoisotopic (exact) mass is 204 g/mol. The van der Waals surface area contributed by atoms with E-state index in [0.717, 1.165) is 0 Å². The van der Waals surface area contributed by atoms with E-state index in [1.807, 2.05) is 0 Å². The third-order valence-corrected chi connectivity index (χ3v) is 1.48. The van der Waals surface area contributed by atoms with Gasteiger partial charge in [-0.1, -0.05) is 19.2 Å². The number of nitriles is 1. The Labute approximate surface area is 88.5 Å². The van der Waals surface area contributed by atoms with Crippen molar-refractivity contribution in [3.05, 3.63) is 48.4 Å². The van der Waals surface area contributed by atoms with Crippen LogP contribution in [0.4, 0.5) is 0 Å². The molecule has 0 aromatic rings. The summed E-state index contributed by atoms with van der Waals surface area (Å²) in [5, 5.41) is 20.0. The van der Waals surface area contributed by atoms with Gasteiger partial charge in [-0.25, -0.2) is 0 Å². The van der Waals surface area contributed by atoms with Crippen molar-refractivity contribution in [2.75, 3.05) is 0 Å². The van der Waals surface area contributed by atoms with E-state index in [1.54, 1.807) is 6.07 Å². The molecule has 0 fully saturated rings. The van der Waals surface area contributed by atoms with Gasteiger partial charge in [-0.2, -0.15) is 5.26 Å². The molecular formula is C11H12N2O2. The highest BCUT2D eigenvalue weighted by molar-refractivity contribution is 5.98. The summed E-state index contributed by atoms with van der Waals surface area (Å²) in [6.07, 6.45) is 4.40. The Kier molecular flexibility index (Phi) is 5.27. The fraction of sp³-hybridized carbons (Fsp3) is 0.0909. The van der Waals surface area contributed by atoms with Crippen molar-refractivity contribution in [3.8, 4) is 6.07 Å². The molecule has 1 amide bonds. The van der Waals surface area contributed by atoms with E-state index in [0.29, 0.717) is 5.70 Å². The Hall–Kier alpha value is -2.28. The van der Waals surface area contributed by atoms with Crippen molar-refractivity contribution < 1.29 is 9.90 Å². The zero-order valence-electron chi connectivity index (χ0n) is 8.45. The minimum absolute atomic E-state index is 0.322. The maximum absolute atomic E-state index is 11.4. The van der Waals surface area contributed by atoms with Crippen LogP contribution in [0.5, 0.6) is 0 Å². The lowest BCUT2D eigenvalue weighted by molar-refractivity contribution is -0.116. The maximum Gasteiger partial charge on any atom is 0.269 e. The number of hydrogen-bond acceptors (Lipinski definition) is 3. The summed E-state index contributed by atoms with van der Waals surface area (Å²) in [6.45, 7) is 8.19. The number of aliphatic hydroxyl groups excluding tert-OH is 1. The van der Waals surface area contributed by atoms with Crippen LogP contribution in [0.3, 0.4) is 0 Å². The average Bonchev–Trinajstić information content (AvgIpc) is 2.17. The Bertz CT molecular complexity index is 380. The van der Waals surface area contributed by atoms with Gasteiger partial charge in [0.2, 0.25) is 0 Å². The molecule has 0 unspecified atom stereocenters. The third kappa shape index (κ3) is 3.96. The van der Waals surface area contributed by atoms with Crippen molar-refractivity contribution in [2.45, 2.75) is 6.92 Å². The first kappa shape index (κ1) is 12.7. The van der Waals surface area contributed by atoms with Crippen molar-refractivity contribution in [2.24, 2.45) is 0 Å². The maximum atomic E-state index is 11.4. The van der Waals surface area contributed by atoms with Gasteiger partial charge in [0.15, 0.2) is 5.57 Å². The zero-order chi connectivity index (χ0) is 11.8. The first-order valence-electron chi connectivity index (χ1n) is 4.13. The Morgan fingerprint density at radius 2 is 2.13 bits per heavy atom. The fourth-order valence-corrected chi connectivity index (χ4v) is 0.777. The van der Waals surface area contributed by atoms with Crippen molar-refractivity contribution in [1.82, 2.24) is 5.32 Å². The molecule has 0 radical (unpaired) electrons. The summed E-state index contributed by atoms with van der Waals surface area (Å²) in [4.78, 5) is 11.4. The Morgan fingerprint density at radius 1 is 1.53 bits per heavy atom. The van der Waals surface area contributed by atoms with Gasteiger partial charge in [-0.15, -0.1) is 0 Å². The highest BCUT2D eigenvalue weighted by atomic mass is 16.3. The molecule has 0 aliphatic rings. The first-order chi connectivity index (χ1) is 7.06. The molecular weight excluding hydrogens is 192 g/mol. The number of nitrogens with zero attached hydrogens (tertiary/aromatic N) is 1. The summed E-state index contributed by atoms with van der Waals surface area (Å²) < 4.78 is 0. The molecule has 4 nitrogen and oxygen atoms in total. The number of aliphatic hydroxyl groups is 1. The molecule has 0 saturated carbocycles. The van der Waals surface area contributed by atoms with E-state index in [2.05, 4.69) is 18.5 Å². The van der Waals surface area contributed by atoms with Crippen LogP contribution >= 0.6 is 0 Å². The fourth-order valence-electron chi connectivity index (χ4n) is 0.777. The summed E-state index contributed by atoms with van der Waals surface area (Å²) in [6, 6.07) is 1.60. The van der Waals surface area contributed by atoms with E-state index in [1.165, 1.54) is 25.2 Å². The third-order valence-electron chi connectivity index (χ3n) is 1.48. The first-order valence-corrected chi connectivity index (χ1v) is 4.13. The van der Waals surface area contributed by atoms with Crippen LogP contribution in [0.1, 0.15) is 6.92 Å². The minimum Gasteiger partial charge on any atom is -0.511 e. The topological polar surface area (TPSA) is 73.1 Å². The molecule has 0 saturated heterocycles. The largest absolute Gasteiger partial charge is 0.511 e. The quantitative estimate of drug-likeness (QED) is 0.317. The van der Waals surface area contributed by atoms with Gasteiger partial charge in [0.25, 0.3) is 5.91 Å². The molecule has 0 heterocycles. The molecule has 78 valence electrons. The summed E-state index contributed by atoms with van der Waals surface area (Å²) in [5.41, 5.74) is 0.0795. The Morgan fingerprint density at radius 3 is 2.47 bits per heavy atom. The predicted octanol–water partition coefficient (Wildman–Crippen LogP) is 1.71. The van der Waals surface area contributed by atoms with Gasteiger partial charge in [0.1, 0.15) is 11.8 Å². The standard InChI is InChI=1S/C11H12N2O2/c1-4-6-9(5-2)13-11(15)10(7-12)8(3)14/h4-6,14H,1-2H2,3H3,(H,13,15)/b9-6+,10-8+. The summed E-state index contributed by atoms with van der Waals surface area (Å²) in [5.74, 6) is -0.998. The normalized spacial score (nSPS) is 12.1. The molecule has 0 rings (SSSR count). The number of amides is 1. The van der Waals surface area contributed by atoms with Crippen LogP contribution in [0.2, 0.25) is 0 Å². The molecule has 0 spiro atoms. The second kappa shape index (κ2) is 6.22. The minimum atomic E-state index is -0.675. The van der Waals surface area contributed by atoms with Crippen LogP contribution in [0.15, 0.2) is 48.4 Å². The molecule has 0 aliphatic carbocycles. The molecule has 2 N–H and O–H groups in total. The lowest BCUT2D eigenvalue weighted by Gasteiger charge is -2.04. The van der Waals surface area contributed by atoms with Gasteiger partial charge >= 0.3 is 0 Å². The number of carbonyl (C=O) groups is 1. The van der Waals surface area contributed by atoms with Crippen molar-refractivity contribution in [1.29, 1.82) is 5.26 Å². The van der Waals surface area contributed by atoms with E-state index < -0.39 is 5.91 Å². The molecule has 15 heavy (non-hydrogen) atoms. The van der Waals surface area contributed by atoms with Crippen LogP contribution in [-0.4, -0.2) is 11.0 Å². The summed E-state index contributed by atoms with van der Waals surface area (Å²) in [7, 11) is 0. The lowest BCUT2D eigenvalue weighted by Crippen LogP contribution is -2.23. The second-order valence-electron chi connectivity index (χ2n) is 2.59. The zero-order valence-corrected chi connectivity index (χ0v) is 8.45. The van der Waals surface area contributed by atoms with Gasteiger partial charge in [0, 0.05) is 5.70 Å². The molecule has 0 aliphatic heterocycles. The number of hydrogen-bond donors (Lipinski definition) is 2. The van der Waals surface area contributed by atoms with Gasteiger partial charge in [-0.3, -0.25) is 4.79 Å². The Balaban J connectivity index is 4.85. The number of rotatable bonds is 4. The summed E-state index contributed by atoms with van der Waals surface area (Å²) >= 11 is 0. The van der Waals surface area contributed by atoms with Gasteiger partial charge in [0.05, 0.1) is 0 Å². The SMILES string of the molecule is C=C/C=C(\C=C)NC(=O)/C(C#N)=C(\C)O. The van der Waals surface area contributed by atoms with Gasteiger partial charge in [-0.05, 0) is 19.1 Å². The predicted molar refractivity (Wildman–Crippen MR) is 57.6 cm³/mol. The van der Waals surface area contributed by atoms with E-state index >= 15 is 0 Å². The highest BCUT2D eigenvalue weighted by Crippen LogP contribution is 2.01. The van der Waals surface area contributed by atoms with E-state index in [-0.39, 0.29) is 11.3 Å². The molecule has 0 aromatic carbocycles. The van der Waals surface area contributed by atoms with Gasteiger partial charge < -0.3 is 10.4 Å². The van der Waals surface area contributed by atoms with Crippen LogP contribution in [0, 0.1) is 11.3 Å². The van der Waals surface area contributed by atoms with Crippen molar-refractivity contribution in [3.63, 3.8) is 0 Å². The smallest absolute Gasteiger partial charge is 0.269 e. The molecule has 0 bridgehead atoms. The van der Waals surface area contributed by atoms with E-state index in [4.69, 9.17) is 10.4 Å². The van der Waals surface area contributed by atoms with E-state index in [9.17, 15) is 4.79 Å².